The highest BCUT2D eigenvalue weighted by atomic mass is 19.1. The lowest BCUT2D eigenvalue weighted by Crippen LogP contribution is -2.14. The number of aryl methyl sites for hydroxylation is 2. The molecule has 0 radical (unpaired) electrons. The molecule has 1 aromatic carbocycles. The van der Waals surface area contributed by atoms with Gasteiger partial charge in [0.15, 0.2) is 0 Å². The van der Waals surface area contributed by atoms with Gasteiger partial charge in [-0.15, -0.1) is 0 Å². The van der Waals surface area contributed by atoms with E-state index in [0.717, 1.165) is 31.3 Å². The Morgan fingerprint density at radius 1 is 1.35 bits per heavy atom. The van der Waals surface area contributed by atoms with Gasteiger partial charge in [0, 0.05) is 18.6 Å². The summed E-state index contributed by atoms with van der Waals surface area (Å²) < 4.78 is 15.6. The first-order chi connectivity index (χ1) is 8.24. The van der Waals surface area contributed by atoms with Crippen LogP contribution in [0.3, 0.4) is 0 Å². The molecule has 0 amide bonds. The van der Waals surface area contributed by atoms with Crippen molar-refractivity contribution >= 4 is 10.9 Å². The quantitative estimate of drug-likeness (QED) is 0.787. The topological polar surface area (TPSA) is 17.0 Å². The smallest absolute Gasteiger partial charge is 0.147 e. The standard InChI is InChI=1S/C14H19FN2/c1-3-16-9-5-6-11-10-17(2)14-12(11)7-4-8-13(14)15/h4,7-8,10,16H,3,5-6,9H2,1-2H3. The average molecular weight is 234 g/mol. The fourth-order valence-electron chi connectivity index (χ4n) is 2.28. The summed E-state index contributed by atoms with van der Waals surface area (Å²) in [4.78, 5) is 0. The van der Waals surface area contributed by atoms with Crippen LogP contribution < -0.4 is 5.32 Å². The summed E-state index contributed by atoms with van der Waals surface area (Å²) >= 11 is 0. The van der Waals surface area contributed by atoms with E-state index in [1.165, 1.54) is 11.6 Å². The van der Waals surface area contributed by atoms with Crippen LogP contribution in [0.25, 0.3) is 10.9 Å². The van der Waals surface area contributed by atoms with Crippen LogP contribution in [0.2, 0.25) is 0 Å². The van der Waals surface area contributed by atoms with Gasteiger partial charge in [0.25, 0.3) is 0 Å². The number of rotatable bonds is 5. The van der Waals surface area contributed by atoms with Gasteiger partial charge in [-0.3, -0.25) is 0 Å². The normalized spacial score (nSPS) is 11.2. The molecule has 2 aromatic rings. The Balaban J connectivity index is 2.21. The molecule has 0 unspecified atom stereocenters. The molecule has 2 nitrogen and oxygen atoms in total. The molecule has 0 aliphatic carbocycles. The Labute approximate surface area is 101 Å². The van der Waals surface area contributed by atoms with Crippen molar-refractivity contribution in [1.29, 1.82) is 0 Å². The van der Waals surface area contributed by atoms with Crippen molar-refractivity contribution in [2.45, 2.75) is 19.8 Å². The fourth-order valence-corrected chi connectivity index (χ4v) is 2.28. The third kappa shape index (κ3) is 2.50. The van der Waals surface area contributed by atoms with Crippen LogP contribution in [0.5, 0.6) is 0 Å². The fraction of sp³-hybridized carbons (Fsp3) is 0.429. The number of aromatic nitrogens is 1. The monoisotopic (exact) mass is 234 g/mol. The van der Waals surface area contributed by atoms with E-state index in [0.29, 0.717) is 5.52 Å². The van der Waals surface area contributed by atoms with E-state index in [9.17, 15) is 4.39 Å². The number of fused-ring (bicyclic) bond motifs is 1. The van der Waals surface area contributed by atoms with Crippen LogP contribution in [0.1, 0.15) is 18.9 Å². The zero-order chi connectivity index (χ0) is 12.3. The van der Waals surface area contributed by atoms with Crippen LogP contribution in [0.15, 0.2) is 24.4 Å². The van der Waals surface area contributed by atoms with E-state index in [1.54, 1.807) is 6.07 Å². The number of hydrogen-bond donors (Lipinski definition) is 1. The van der Waals surface area contributed by atoms with Gasteiger partial charge in [-0.05, 0) is 37.6 Å². The maximum atomic E-state index is 13.7. The van der Waals surface area contributed by atoms with Gasteiger partial charge in [0.2, 0.25) is 0 Å². The lowest BCUT2D eigenvalue weighted by Gasteiger charge is -2.01. The summed E-state index contributed by atoms with van der Waals surface area (Å²) in [5, 5.41) is 4.35. The molecule has 0 atom stereocenters. The van der Waals surface area contributed by atoms with Crippen LogP contribution in [-0.4, -0.2) is 17.7 Å². The Hall–Kier alpha value is -1.35. The molecule has 1 heterocycles. The van der Waals surface area contributed by atoms with E-state index in [4.69, 9.17) is 0 Å². The minimum absolute atomic E-state index is 0.136. The largest absolute Gasteiger partial charge is 0.348 e. The zero-order valence-electron chi connectivity index (χ0n) is 10.5. The maximum absolute atomic E-state index is 13.7. The molecule has 0 aliphatic heterocycles. The molecule has 0 saturated carbocycles. The van der Waals surface area contributed by atoms with Crippen molar-refractivity contribution in [1.82, 2.24) is 9.88 Å². The number of benzene rings is 1. The second-order valence-electron chi connectivity index (χ2n) is 4.36. The highest BCUT2D eigenvalue weighted by Gasteiger charge is 2.09. The zero-order valence-corrected chi connectivity index (χ0v) is 10.5. The predicted molar refractivity (Wildman–Crippen MR) is 69.7 cm³/mol. The molecule has 0 spiro atoms. The lowest BCUT2D eigenvalue weighted by molar-refractivity contribution is 0.632. The molecule has 0 bridgehead atoms. The Kier molecular flexibility index (Phi) is 3.79. The summed E-state index contributed by atoms with van der Waals surface area (Å²) in [6, 6.07) is 5.30. The second kappa shape index (κ2) is 5.32. The summed E-state index contributed by atoms with van der Waals surface area (Å²) in [6.07, 6.45) is 4.12. The molecule has 1 aromatic heterocycles. The van der Waals surface area contributed by atoms with Gasteiger partial charge in [0.1, 0.15) is 5.82 Å². The third-order valence-corrected chi connectivity index (χ3v) is 3.08. The van der Waals surface area contributed by atoms with E-state index in [2.05, 4.69) is 12.2 Å². The number of nitrogens with zero attached hydrogens (tertiary/aromatic N) is 1. The SMILES string of the molecule is CCNCCCc1cn(C)c2c(F)cccc12. The first-order valence-electron chi connectivity index (χ1n) is 6.17. The summed E-state index contributed by atoms with van der Waals surface area (Å²) in [6.45, 7) is 4.12. The van der Waals surface area contributed by atoms with Crippen molar-refractivity contribution in [2.75, 3.05) is 13.1 Å². The summed E-state index contributed by atoms with van der Waals surface area (Å²) in [7, 11) is 1.90. The van der Waals surface area contributed by atoms with Crippen LogP contribution in [0, 0.1) is 5.82 Å². The van der Waals surface area contributed by atoms with E-state index < -0.39 is 0 Å². The van der Waals surface area contributed by atoms with E-state index in [-0.39, 0.29) is 5.82 Å². The lowest BCUT2D eigenvalue weighted by atomic mass is 10.1. The summed E-state index contributed by atoms with van der Waals surface area (Å²) in [5.41, 5.74) is 1.95. The molecule has 17 heavy (non-hydrogen) atoms. The highest BCUT2D eigenvalue weighted by Crippen LogP contribution is 2.23. The average Bonchev–Trinajstić information content (AvgIpc) is 2.63. The molecular weight excluding hydrogens is 215 g/mol. The van der Waals surface area contributed by atoms with E-state index >= 15 is 0 Å². The van der Waals surface area contributed by atoms with Gasteiger partial charge in [0.05, 0.1) is 5.52 Å². The molecular formula is C14H19FN2. The number of hydrogen-bond acceptors (Lipinski definition) is 1. The van der Waals surface area contributed by atoms with Crippen LogP contribution in [-0.2, 0) is 13.5 Å². The van der Waals surface area contributed by atoms with Gasteiger partial charge < -0.3 is 9.88 Å². The first kappa shape index (κ1) is 12.1. The first-order valence-corrected chi connectivity index (χ1v) is 6.17. The molecule has 0 aliphatic rings. The molecule has 2 rings (SSSR count). The van der Waals surface area contributed by atoms with Crippen LogP contribution >= 0.6 is 0 Å². The number of halogens is 1. The number of para-hydroxylation sites is 1. The minimum Gasteiger partial charge on any atom is -0.348 e. The van der Waals surface area contributed by atoms with Crippen molar-refractivity contribution < 1.29 is 4.39 Å². The molecule has 0 saturated heterocycles. The van der Waals surface area contributed by atoms with Gasteiger partial charge in [-0.2, -0.15) is 0 Å². The van der Waals surface area contributed by atoms with Gasteiger partial charge in [-0.1, -0.05) is 19.1 Å². The van der Waals surface area contributed by atoms with Crippen molar-refractivity contribution in [2.24, 2.45) is 7.05 Å². The second-order valence-corrected chi connectivity index (χ2v) is 4.36. The minimum atomic E-state index is -0.136. The molecule has 1 N–H and O–H groups in total. The van der Waals surface area contributed by atoms with E-state index in [1.807, 2.05) is 23.9 Å². The number of nitrogens with one attached hydrogen (secondary N) is 1. The third-order valence-electron chi connectivity index (χ3n) is 3.08. The maximum Gasteiger partial charge on any atom is 0.147 e. The Morgan fingerprint density at radius 2 is 2.18 bits per heavy atom. The molecule has 3 heteroatoms. The highest BCUT2D eigenvalue weighted by molar-refractivity contribution is 5.84. The van der Waals surface area contributed by atoms with Crippen LogP contribution in [0.4, 0.5) is 4.39 Å². The Bertz CT molecular complexity index is 502. The molecule has 0 fully saturated rings. The van der Waals surface area contributed by atoms with Crippen molar-refractivity contribution in [3.8, 4) is 0 Å². The predicted octanol–water partition coefficient (Wildman–Crippen LogP) is 2.86. The van der Waals surface area contributed by atoms with Crippen molar-refractivity contribution in [3.63, 3.8) is 0 Å². The Morgan fingerprint density at radius 3 is 2.94 bits per heavy atom. The summed E-state index contributed by atoms with van der Waals surface area (Å²) in [5.74, 6) is -0.136. The van der Waals surface area contributed by atoms with Gasteiger partial charge in [-0.25, -0.2) is 4.39 Å². The van der Waals surface area contributed by atoms with Crippen molar-refractivity contribution in [3.05, 3.63) is 35.8 Å². The van der Waals surface area contributed by atoms with Gasteiger partial charge >= 0.3 is 0 Å². The molecule has 92 valence electrons.